The second-order valence-corrected chi connectivity index (χ2v) is 5.91. The summed E-state index contributed by atoms with van der Waals surface area (Å²) in [5.74, 6) is 0.844. The molecule has 2 atom stereocenters. The highest BCUT2D eigenvalue weighted by Crippen LogP contribution is 2.29. The van der Waals surface area contributed by atoms with E-state index in [4.69, 9.17) is 9.78 Å². The lowest BCUT2D eigenvalue weighted by Crippen LogP contribution is -2.35. The van der Waals surface area contributed by atoms with Crippen molar-refractivity contribution in [3.63, 3.8) is 0 Å². The number of hydrogen-bond donors (Lipinski definition) is 1. The zero-order valence-electron chi connectivity index (χ0n) is 10.1. The zero-order chi connectivity index (χ0) is 12.3. The highest BCUT2D eigenvalue weighted by atomic mass is 32.2. The van der Waals surface area contributed by atoms with Crippen molar-refractivity contribution < 1.29 is 14.9 Å². The van der Waals surface area contributed by atoms with E-state index in [1.165, 1.54) is 4.90 Å². The molecule has 1 heterocycles. The Bertz CT molecular complexity index is 347. The first-order chi connectivity index (χ1) is 8.05. The van der Waals surface area contributed by atoms with Crippen LogP contribution in [0.25, 0.3) is 0 Å². The van der Waals surface area contributed by atoms with E-state index in [0.29, 0.717) is 0 Å². The predicted octanol–water partition coefficient (Wildman–Crippen LogP) is 2.64. The zero-order valence-corrected chi connectivity index (χ0v) is 10.9. The first-order valence-electron chi connectivity index (χ1n) is 5.78. The van der Waals surface area contributed by atoms with Gasteiger partial charge in [-0.15, -0.1) is 11.8 Å². The molecule has 0 spiro atoms. The summed E-state index contributed by atoms with van der Waals surface area (Å²) < 4.78 is 0. The van der Waals surface area contributed by atoms with Crippen LogP contribution in [-0.2, 0) is 9.78 Å². The molecule has 0 aromatic heterocycles. The lowest BCUT2D eigenvalue weighted by Gasteiger charge is -2.21. The summed E-state index contributed by atoms with van der Waals surface area (Å²) in [6.07, 6.45) is 0.559. The van der Waals surface area contributed by atoms with Gasteiger partial charge in [0.05, 0.1) is 5.60 Å². The van der Waals surface area contributed by atoms with Crippen LogP contribution in [0.3, 0.4) is 0 Å². The molecule has 1 saturated heterocycles. The van der Waals surface area contributed by atoms with E-state index >= 15 is 0 Å². The van der Waals surface area contributed by atoms with Crippen LogP contribution in [0.1, 0.15) is 20.3 Å². The van der Waals surface area contributed by atoms with Crippen LogP contribution in [0.5, 0.6) is 0 Å². The van der Waals surface area contributed by atoms with Gasteiger partial charge in [-0.3, -0.25) is 0 Å². The summed E-state index contributed by atoms with van der Waals surface area (Å²) >= 11 is 1.74. The Balaban J connectivity index is 1.79. The summed E-state index contributed by atoms with van der Waals surface area (Å²) in [4.78, 5) is 11.6. The normalized spacial score (nSPS) is 25.1. The van der Waals surface area contributed by atoms with Crippen molar-refractivity contribution in [3.8, 4) is 0 Å². The molecule has 1 aliphatic heterocycles. The fraction of sp³-hybridized carbons (Fsp3) is 0.538. The quantitative estimate of drug-likeness (QED) is 0.662. The second-order valence-electron chi connectivity index (χ2n) is 4.82. The lowest BCUT2D eigenvalue weighted by molar-refractivity contribution is -0.313. The molecule has 1 aromatic rings. The van der Waals surface area contributed by atoms with E-state index < -0.39 is 5.60 Å². The van der Waals surface area contributed by atoms with Crippen molar-refractivity contribution in [2.45, 2.75) is 43.0 Å². The highest BCUT2D eigenvalue weighted by molar-refractivity contribution is 7.99. The van der Waals surface area contributed by atoms with Crippen molar-refractivity contribution in [3.05, 3.63) is 30.3 Å². The monoisotopic (exact) mass is 254 g/mol. The van der Waals surface area contributed by atoms with Crippen LogP contribution in [0.15, 0.2) is 35.2 Å². The van der Waals surface area contributed by atoms with Crippen LogP contribution in [0.2, 0.25) is 0 Å². The predicted molar refractivity (Wildman–Crippen MR) is 67.8 cm³/mol. The maximum absolute atomic E-state index is 9.81. The average Bonchev–Trinajstić information content (AvgIpc) is 2.76. The molecule has 0 aliphatic carbocycles. The Morgan fingerprint density at radius 2 is 2.00 bits per heavy atom. The molecule has 0 saturated carbocycles. The molecule has 17 heavy (non-hydrogen) atoms. The number of benzene rings is 1. The first kappa shape index (κ1) is 12.9. The second kappa shape index (κ2) is 5.40. The van der Waals surface area contributed by atoms with Crippen LogP contribution in [0, 0.1) is 0 Å². The Labute approximate surface area is 106 Å². The summed E-state index contributed by atoms with van der Waals surface area (Å²) in [6, 6.07) is 10.2. The van der Waals surface area contributed by atoms with Gasteiger partial charge in [-0.05, 0) is 26.0 Å². The fourth-order valence-electron chi connectivity index (χ4n) is 1.67. The third-order valence-corrected chi connectivity index (χ3v) is 3.90. The Hall–Kier alpha value is -0.550. The van der Waals surface area contributed by atoms with Gasteiger partial charge in [0.2, 0.25) is 0 Å². The Morgan fingerprint density at radius 3 is 2.59 bits per heavy atom. The molecule has 0 unspecified atom stereocenters. The van der Waals surface area contributed by atoms with Crippen LogP contribution < -0.4 is 0 Å². The van der Waals surface area contributed by atoms with Crippen molar-refractivity contribution in [1.29, 1.82) is 0 Å². The molecule has 0 radical (unpaired) electrons. The van der Waals surface area contributed by atoms with E-state index in [9.17, 15) is 5.11 Å². The van der Waals surface area contributed by atoms with Crippen LogP contribution >= 0.6 is 11.8 Å². The smallest absolute Gasteiger partial charge is 0.124 e. The Kier molecular flexibility index (Phi) is 4.09. The minimum Gasteiger partial charge on any atom is -0.388 e. The first-order valence-corrected chi connectivity index (χ1v) is 6.76. The van der Waals surface area contributed by atoms with Crippen LogP contribution in [0.4, 0.5) is 0 Å². The SMILES string of the molecule is CC(C)(O)[C@H]1C[C@H](CSc2ccccc2)OO1. The van der Waals surface area contributed by atoms with Gasteiger partial charge in [-0.1, -0.05) is 18.2 Å². The molecule has 1 N–H and O–H groups in total. The number of hydrogen-bond acceptors (Lipinski definition) is 4. The van der Waals surface area contributed by atoms with Gasteiger partial charge in [-0.2, -0.15) is 0 Å². The van der Waals surface area contributed by atoms with Gasteiger partial charge in [-0.25, -0.2) is 9.78 Å². The Morgan fingerprint density at radius 1 is 1.29 bits per heavy atom. The van der Waals surface area contributed by atoms with Crippen molar-refractivity contribution in [1.82, 2.24) is 0 Å². The summed E-state index contributed by atoms with van der Waals surface area (Å²) in [5, 5.41) is 9.81. The van der Waals surface area contributed by atoms with Gasteiger partial charge < -0.3 is 5.11 Å². The third-order valence-electron chi connectivity index (χ3n) is 2.75. The largest absolute Gasteiger partial charge is 0.388 e. The molecule has 4 heteroatoms. The molecular formula is C13H18O3S. The number of rotatable bonds is 4. The van der Waals surface area contributed by atoms with E-state index in [1.807, 2.05) is 18.2 Å². The molecule has 1 aromatic carbocycles. The number of thioether (sulfide) groups is 1. The molecular weight excluding hydrogens is 236 g/mol. The maximum Gasteiger partial charge on any atom is 0.124 e. The molecule has 1 aliphatic rings. The lowest BCUT2D eigenvalue weighted by atomic mass is 9.98. The van der Waals surface area contributed by atoms with Crippen molar-refractivity contribution in [2.24, 2.45) is 0 Å². The minimum absolute atomic E-state index is 0.0524. The van der Waals surface area contributed by atoms with Gasteiger partial charge >= 0.3 is 0 Å². The molecule has 2 rings (SSSR count). The van der Waals surface area contributed by atoms with E-state index in [-0.39, 0.29) is 12.2 Å². The third kappa shape index (κ3) is 3.71. The van der Waals surface area contributed by atoms with E-state index in [0.717, 1.165) is 12.2 Å². The van der Waals surface area contributed by atoms with Crippen molar-refractivity contribution >= 4 is 11.8 Å². The summed E-state index contributed by atoms with van der Waals surface area (Å²) in [6.45, 7) is 3.49. The topological polar surface area (TPSA) is 38.7 Å². The van der Waals surface area contributed by atoms with Gasteiger partial charge in [0.1, 0.15) is 12.2 Å². The molecule has 0 bridgehead atoms. The molecule has 0 amide bonds. The molecule has 1 fully saturated rings. The molecule has 94 valence electrons. The van der Waals surface area contributed by atoms with Crippen molar-refractivity contribution in [2.75, 3.05) is 5.75 Å². The summed E-state index contributed by atoms with van der Waals surface area (Å²) in [5.41, 5.74) is -0.841. The molecule has 3 nitrogen and oxygen atoms in total. The van der Waals surface area contributed by atoms with E-state index in [2.05, 4.69) is 12.1 Å². The van der Waals surface area contributed by atoms with E-state index in [1.54, 1.807) is 25.6 Å². The summed E-state index contributed by atoms with van der Waals surface area (Å²) in [7, 11) is 0. The van der Waals surface area contributed by atoms with Gasteiger partial charge in [0.25, 0.3) is 0 Å². The standard InChI is InChI=1S/C13H18O3S/c1-13(2,14)12-8-10(15-16-12)9-17-11-6-4-3-5-7-11/h3-7,10,12,14H,8-9H2,1-2H3/t10-,12-/m1/s1. The maximum atomic E-state index is 9.81. The fourth-order valence-corrected chi connectivity index (χ4v) is 2.59. The van der Waals surface area contributed by atoms with Gasteiger partial charge in [0.15, 0.2) is 0 Å². The number of aliphatic hydroxyl groups is 1. The average molecular weight is 254 g/mol. The van der Waals surface area contributed by atoms with Gasteiger partial charge in [0, 0.05) is 17.1 Å². The van der Waals surface area contributed by atoms with Crippen LogP contribution in [-0.4, -0.2) is 28.7 Å². The minimum atomic E-state index is -0.841. The highest BCUT2D eigenvalue weighted by Gasteiger charge is 2.37.